The molecule has 22 heavy (non-hydrogen) atoms. The van der Waals surface area contributed by atoms with E-state index in [9.17, 15) is 14.7 Å². The zero-order valence-corrected chi connectivity index (χ0v) is 12.9. The Hall–Kier alpha value is -1.14. The van der Waals surface area contributed by atoms with Crippen molar-refractivity contribution in [3.05, 3.63) is 0 Å². The van der Waals surface area contributed by atoms with Gasteiger partial charge in [0.25, 0.3) is 0 Å². The summed E-state index contributed by atoms with van der Waals surface area (Å²) in [6, 6.07) is -0.570. The van der Waals surface area contributed by atoms with Crippen LogP contribution in [-0.2, 0) is 19.1 Å². The van der Waals surface area contributed by atoms with Gasteiger partial charge in [-0.2, -0.15) is 0 Å². The quantitative estimate of drug-likeness (QED) is 0.850. The highest BCUT2D eigenvalue weighted by Gasteiger charge is 2.47. The molecule has 0 bridgehead atoms. The number of likely N-dealkylation sites (tertiary alicyclic amines) is 1. The van der Waals surface area contributed by atoms with Gasteiger partial charge in [0.1, 0.15) is 12.6 Å². The largest absolute Gasteiger partial charge is 0.480 e. The van der Waals surface area contributed by atoms with Gasteiger partial charge in [-0.1, -0.05) is 12.8 Å². The van der Waals surface area contributed by atoms with E-state index in [4.69, 9.17) is 9.47 Å². The van der Waals surface area contributed by atoms with Gasteiger partial charge < -0.3 is 19.5 Å². The summed E-state index contributed by atoms with van der Waals surface area (Å²) in [4.78, 5) is 25.7. The van der Waals surface area contributed by atoms with Crippen LogP contribution in [0.2, 0.25) is 0 Å². The molecular formula is C16H25NO5. The summed E-state index contributed by atoms with van der Waals surface area (Å²) in [6.45, 7) is 1.34. The van der Waals surface area contributed by atoms with E-state index in [0.29, 0.717) is 25.6 Å². The Bertz CT molecular complexity index is 421. The molecule has 6 heteroatoms. The number of amides is 1. The average Bonchev–Trinajstić information content (AvgIpc) is 2.93. The van der Waals surface area contributed by atoms with Crippen molar-refractivity contribution in [2.45, 2.75) is 63.1 Å². The molecule has 0 radical (unpaired) electrons. The zero-order chi connectivity index (χ0) is 15.5. The molecule has 0 aromatic carbocycles. The van der Waals surface area contributed by atoms with Crippen LogP contribution in [-0.4, -0.2) is 59.9 Å². The molecule has 0 spiro atoms. The molecule has 3 unspecified atom stereocenters. The van der Waals surface area contributed by atoms with Crippen molar-refractivity contribution in [1.29, 1.82) is 0 Å². The smallest absolute Gasteiger partial charge is 0.326 e. The second-order valence-electron chi connectivity index (χ2n) is 6.63. The van der Waals surface area contributed by atoms with Crippen LogP contribution in [0.4, 0.5) is 0 Å². The van der Waals surface area contributed by atoms with Gasteiger partial charge in [-0.05, 0) is 38.0 Å². The van der Waals surface area contributed by atoms with Crippen LogP contribution in [0.15, 0.2) is 0 Å². The fourth-order valence-corrected chi connectivity index (χ4v) is 4.15. The van der Waals surface area contributed by atoms with Gasteiger partial charge in [-0.25, -0.2) is 4.79 Å². The van der Waals surface area contributed by atoms with E-state index in [1.165, 1.54) is 0 Å². The Balaban J connectivity index is 1.61. The second kappa shape index (κ2) is 6.96. The van der Waals surface area contributed by atoms with Gasteiger partial charge >= 0.3 is 5.97 Å². The first kappa shape index (κ1) is 15.7. The van der Waals surface area contributed by atoms with Crippen LogP contribution in [0.5, 0.6) is 0 Å². The van der Waals surface area contributed by atoms with Gasteiger partial charge in [0, 0.05) is 19.3 Å². The minimum atomic E-state index is -0.881. The molecule has 2 aliphatic heterocycles. The first-order valence-corrected chi connectivity index (χ1v) is 8.40. The SMILES string of the molecule is O=C(O)C1CC2CCCCC2N1C(=O)COC1CCOCC1. The van der Waals surface area contributed by atoms with Crippen LogP contribution >= 0.6 is 0 Å². The summed E-state index contributed by atoms with van der Waals surface area (Å²) in [5, 5.41) is 9.45. The maximum atomic E-state index is 12.6. The van der Waals surface area contributed by atoms with Crippen LogP contribution in [0, 0.1) is 5.92 Å². The Morgan fingerprint density at radius 1 is 1.14 bits per heavy atom. The van der Waals surface area contributed by atoms with Gasteiger partial charge in [0.05, 0.1) is 6.10 Å². The molecule has 0 aromatic rings. The summed E-state index contributed by atoms with van der Waals surface area (Å²) >= 11 is 0. The van der Waals surface area contributed by atoms with Crippen molar-refractivity contribution in [3.8, 4) is 0 Å². The maximum absolute atomic E-state index is 12.6. The fraction of sp³-hybridized carbons (Fsp3) is 0.875. The fourth-order valence-electron chi connectivity index (χ4n) is 4.15. The highest BCUT2D eigenvalue weighted by atomic mass is 16.5. The number of carboxylic acid groups (broad SMARTS) is 1. The van der Waals surface area contributed by atoms with Gasteiger partial charge in [-0.3, -0.25) is 4.79 Å². The third-order valence-corrected chi connectivity index (χ3v) is 5.27. The molecule has 2 saturated heterocycles. The van der Waals surface area contributed by atoms with Gasteiger partial charge in [-0.15, -0.1) is 0 Å². The summed E-state index contributed by atoms with van der Waals surface area (Å²) < 4.78 is 11.0. The number of rotatable bonds is 4. The van der Waals surface area contributed by atoms with E-state index in [1.807, 2.05) is 0 Å². The number of ether oxygens (including phenoxy) is 2. The molecule has 1 amide bonds. The Morgan fingerprint density at radius 3 is 2.59 bits per heavy atom. The number of carbonyl (C=O) groups is 2. The monoisotopic (exact) mass is 311 g/mol. The molecule has 2 heterocycles. The molecule has 6 nitrogen and oxygen atoms in total. The van der Waals surface area contributed by atoms with E-state index >= 15 is 0 Å². The Morgan fingerprint density at radius 2 is 1.86 bits per heavy atom. The lowest BCUT2D eigenvalue weighted by Crippen LogP contribution is -2.48. The van der Waals surface area contributed by atoms with Crippen LogP contribution < -0.4 is 0 Å². The van der Waals surface area contributed by atoms with E-state index in [1.54, 1.807) is 4.90 Å². The van der Waals surface area contributed by atoms with Crippen LogP contribution in [0.1, 0.15) is 44.9 Å². The van der Waals surface area contributed by atoms with E-state index in [2.05, 4.69) is 0 Å². The van der Waals surface area contributed by atoms with Gasteiger partial charge in [0.2, 0.25) is 5.91 Å². The molecule has 1 N–H and O–H groups in total. The lowest BCUT2D eigenvalue weighted by atomic mass is 9.85. The van der Waals surface area contributed by atoms with Crippen molar-refractivity contribution < 1.29 is 24.2 Å². The Kier molecular flexibility index (Phi) is 4.98. The number of hydrogen-bond acceptors (Lipinski definition) is 4. The standard InChI is InChI=1S/C16H25NO5/c18-15(10-22-12-5-7-21-8-6-12)17-13-4-2-1-3-11(13)9-14(17)16(19)20/h11-14H,1-10H2,(H,19,20). The first-order valence-electron chi connectivity index (χ1n) is 8.40. The summed E-state index contributed by atoms with van der Waals surface area (Å²) in [5.74, 6) is -0.691. The van der Waals surface area contributed by atoms with Crippen molar-refractivity contribution in [2.75, 3.05) is 19.8 Å². The molecule has 124 valence electrons. The maximum Gasteiger partial charge on any atom is 0.326 e. The predicted octanol–water partition coefficient (Wildman–Crippen LogP) is 1.43. The van der Waals surface area contributed by atoms with Crippen molar-refractivity contribution in [2.24, 2.45) is 5.92 Å². The molecule has 1 aliphatic carbocycles. The van der Waals surface area contributed by atoms with Gasteiger partial charge in [0.15, 0.2) is 0 Å². The van der Waals surface area contributed by atoms with Crippen molar-refractivity contribution in [1.82, 2.24) is 4.90 Å². The predicted molar refractivity (Wildman–Crippen MR) is 78.4 cm³/mol. The molecule has 3 aliphatic rings. The number of aliphatic carboxylic acids is 1. The topological polar surface area (TPSA) is 76.1 Å². The molecular weight excluding hydrogens is 286 g/mol. The number of carboxylic acids is 1. The molecule has 3 rings (SSSR count). The molecule has 3 fully saturated rings. The normalized spacial score (nSPS) is 32.7. The summed E-state index contributed by atoms with van der Waals surface area (Å²) in [7, 11) is 0. The lowest BCUT2D eigenvalue weighted by molar-refractivity contribution is -0.153. The third kappa shape index (κ3) is 3.27. The summed E-state index contributed by atoms with van der Waals surface area (Å²) in [5.41, 5.74) is 0. The number of carbonyl (C=O) groups excluding carboxylic acids is 1. The number of nitrogens with zero attached hydrogens (tertiary/aromatic N) is 1. The average molecular weight is 311 g/mol. The third-order valence-electron chi connectivity index (χ3n) is 5.27. The van der Waals surface area contributed by atoms with E-state index < -0.39 is 12.0 Å². The van der Waals surface area contributed by atoms with E-state index in [0.717, 1.165) is 38.5 Å². The lowest BCUT2D eigenvalue weighted by Gasteiger charge is -2.33. The highest BCUT2D eigenvalue weighted by Crippen LogP contribution is 2.39. The minimum Gasteiger partial charge on any atom is -0.480 e. The molecule has 3 atom stereocenters. The highest BCUT2D eigenvalue weighted by molar-refractivity contribution is 5.85. The zero-order valence-electron chi connectivity index (χ0n) is 12.9. The van der Waals surface area contributed by atoms with Crippen LogP contribution in [0.3, 0.4) is 0 Å². The number of fused-ring (bicyclic) bond motifs is 1. The molecule has 0 aromatic heterocycles. The first-order chi connectivity index (χ1) is 10.7. The number of hydrogen-bond donors (Lipinski definition) is 1. The summed E-state index contributed by atoms with van der Waals surface area (Å²) in [6.07, 6.45) is 6.47. The van der Waals surface area contributed by atoms with Crippen LogP contribution in [0.25, 0.3) is 0 Å². The minimum absolute atomic E-state index is 0.00231. The van der Waals surface area contributed by atoms with E-state index in [-0.39, 0.29) is 24.7 Å². The second-order valence-corrected chi connectivity index (χ2v) is 6.63. The Labute approximate surface area is 130 Å². The molecule has 1 saturated carbocycles. The van der Waals surface area contributed by atoms with Crippen molar-refractivity contribution >= 4 is 11.9 Å². The van der Waals surface area contributed by atoms with Crippen molar-refractivity contribution in [3.63, 3.8) is 0 Å².